The summed E-state index contributed by atoms with van der Waals surface area (Å²) in [5, 5.41) is 5.63. The summed E-state index contributed by atoms with van der Waals surface area (Å²) >= 11 is 13.3. The average molecular weight is 479 g/mol. The average Bonchev–Trinajstić information content (AvgIpc) is 3.41. The smallest absolute Gasteiger partial charge is 0.170 e. The Labute approximate surface area is 200 Å². The molecule has 8 heteroatoms. The molecule has 3 aromatic heterocycles. The summed E-state index contributed by atoms with van der Waals surface area (Å²) in [6, 6.07) is 21.3. The third kappa shape index (κ3) is 4.50. The van der Waals surface area contributed by atoms with Gasteiger partial charge in [0.05, 0.1) is 11.7 Å². The van der Waals surface area contributed by atoms with Crippen LogP contribution in [0.1, 0.15) is 29.1 Å². The second-order valence-electron chi connectivity index (χ2n) is 7.33. The van der Waals surface area contributed by atoms with Crippen LogP contribution in [0.3, 0.4) is 0 Å². The Balaban J connectivity index is 1.47. The van der Waals surface area contributed by atoms with Gasteiger partial charge in [0.1, 0.15) is 11.8 Å². The van der Waals surface area contributed by atoms with Crippen LogP contribution in [0.5, 0.6) is 0 Å². The van der Waals surface area contributed by atoms with Crippen molar-refractivity contribution in [3.8, 4) is 0 Å². The first kappa shape index (κ1) is 21.0. The number of hydrogen-bond donors (Lipinski definition) is 1. The van der Waals surface area contributed by atoms with Gasteiger partial charge in [0.25, 0.3) is 0 Å². The van der Waals surface area contributed by atoms with Gasteiger partial charge in [-0.3, -0.25) is 9.97 Å². The van der Waals surface area contributed by atoms with Crippen LogP contribution in [0.15, 0.2) is 99.7 Å². The summed E-state index contributed by atoms with van der Waals surface area (Å²) in [4.78, 5) is 12.0. The first-order valence-electron chi connectivity index (χ1n) is 10.1. The Hall–Kier alpha value is -2.87. The van der Waals surface area contributed by atoms with Gasteiger partial charge in [-0.1, -0.05) is 35.5 Å². The molecule has 2 atom stereocenters. The Kier molecular flexibility index (Phi) is 6.12. The highest BCUT2D eigenvalue weighted by Crippen LogP contribution is 2.41. The zero-order chi connectivity index (χ0) is 21.9. The van der Waals surface area contributed by atoms with Gasteiger partial charge in [-0.15, -0.1) is 0 Å². The highest BCUT2D eigenvalue weighted by molar-refractivity contribution is 7.99. The van der Waals surface area contributed by atoms with E-state index in [4.69, 9.17) is 28.2 Å². The van der Waals surface area contributed by atoms with Crippen LogP contribution in [-0.4, -0.2) is 20.0 Å². The molecule has 1 fully saturated rings. The molecule has 1 aromatic carbocycles. The van der Waals surface area contributed by atoms with E-state index < -0.39 is 0 Å². The third-order valence-electron chi connectivity index (χ3n) is 5.20. The van der Waals surface area contributed by atoms with Gasteiger partial charge >= 0.3 is 0 Å². The fourth-order valence-electron chi connectivity index (χ4n) is 3.74. The molecule has 1 N–H and O–H groups in total. The molecule has 4 aromatic rings. The lowest BCUT2D eigenvalue weighted by Gasteiger charge is -2.26. The number of pyridine rings is 2. The second kappa shape index (κ2) is 9.32. The Bertz CT molecular complexity index is 1200. The number of thiocarbonyl (C=S) groups is 1. The molecule has 1 aliphatic rings. The quantitative estimate of drug-likeness (QED) is 0.338. The maximum Gasteiger partial charge on any atom is 0.170 e. The molecule has 160 valence electrons. The number of halogens is 1. The minimum atomic E-state index is -0.142. The van der Waals surface area contributed by atoms with Crippen molar-refractivity contribution in [3.05, 3.63) is 107 Å². The summed E-state index contributed by atoms with van der Waals surface area (Å²) < 4.78 is 6.32. The molecule has 0 amide bonds. The van der Waals surface area contributed by atoms with E-state index in [9.17, 15) is 0 Å². The predicted molar refractivity (Wildman–Crippen MR) is 130 cm³/mol. The van der Waals surface area contributed by atoms with Gasteiger partial charge in [-0.05, 0) is 72.4 Å². The molecule has 0 spiro atoms. The molecule has 5 rings (SSSR count). The van der Waals surface area contributed by atoms with Crippen LogP contribution in [0, 0.1) is 0 Å². The van der Waals surface area contributed by atoms with Crippen molar-refractivity contribution in [1.82, 2.24) is 20.2 Å². The number of furan rings is 1. The first-order chi connectivity index (χ1) is 15.7. The van der Waals surface area contributed by atoms with Gasteiger partial charge in [-0.2, -0.15) is 0 Å². The van der Waals surface area contributed by atoms with Crippen LogP contribution < -0.4 is 5.32 Å². The SMILES string of the molecule is S=C1N[C@@H](c2ccccn2)[C@@H](c2ccc(Sc3ccc(Cl)cc3)o2)N1Cc1cccnc1. The van der Waals surface area contributed by atoms with Crippen molar-refractivity contribution >= 4 is 40.7 Å². The molecular weight excluding hydrogens is 460 g/mol. The molecule has 1 aliphatic heterocycles. The number of rotatable bonds is 6. The van der Waals surface area contributed by atoms with Gasteiger partial charge < -0.3 is 14.6 Å². The predicted octanol–water partition coefficient (Wildman–Crippen LogP) is 6.05. The Morgan fingerprint density at radius 3 is 2.66 bits per heavy atom. The third-order valence-corrected chi connectivity index (χ3v) is 6.73. The van der Waals surface area contributed by atoms with E-state index in [-0.39, 0.29) is 12.1 Å². The minimum Gasteiger partial charge on any atom is -0.452 e. The van der Waals surface area contributed by atoms with E-state index in [1.54, 1.807) is 24.2 Å². The standard InChI is InChI=1S/C24H19ClN4OS2/c25-17-6-8-18(9-7-17)32-21-11-10-20(30-21)23-22(19-5-1-2-13-27-19)28-24(31)29(23)15-16-4-3-12-26-14-16/h1-14,22-23H,15H2,(H,28,31)/t22-,23+/m0/s1. The van der Waals surface area contributed by atoms with Crippen molar-refractivity contribution in [2.45, 2.75) is 28.6 Å². The summed E-state index contributed by atoms with van der Waals surface area (Å²) in [6.45, 7) is 0.619. The molecule has 32 heavy (non-hydrogen) atoms. The van der Waals surface area contributed by atoms with Crippen molar-refractivity contribution < 1.29 is 4.42 Å². The van der Waals surface area contributed by atoms with Crippen LogP contribution in [-0.2, 0) is 6.54 Å². The molecule has 5 nitrogen and oxygen atoms in total. The summed E-state index contributed by atoms with van der Waals surface area (Å²) in [5.74, 6) is 0.827. The van der Waals surface area contributed by atoms with E-state index in [1.165, 1.54) is 0 Å². The second-order valence-corrected chi connectivity index (χ2v) is 9.23. The van der Waals surface area contributed by atoms with Gasteiger partial charge in [-0.25, -0.2) is 0 Å². The molecule has 0 aliphatic carbocycles. The van der Waals surface area contributed by atoms with Crippen LogP contribution in [0.25, 0.3) is 0 Å². The Morgan fingerprint density at radius 2 is 1.91 bits per heavy atom. The molecule has 0 radical (unpaired) electrons. The first-order valence-corrected chi connectivity index (χ1v) is 11.7. The van der Waals surface area contributed by atoms with Crippen molar-refractivity contribution in [1.29, 1.82) is 0 Å². The highest BCUT2D eigenvalue weighted by atomic mass is 35.5. The van der Waals surface area contributed by atoms with Gasteiger partial charge in [0.15, 0.2) is 10.2 Å². The largest absolute Gasteiger partial charge is 0.452 e. The number of benzene rings is 1. The summed E-state index contributed by atoms with van der Waals surface area (Å²) in [5.41, 5.74) is 1.99. The highest BCUT2D eigenvalue weighted by Gasteiger charge is 2.41. The van der Waals surface area contributed by atoms with E-state index in [1.807, 2.05) is 72.9 Å². The lowest BCUT2D eigenvalue weighted by atomic mass is 10.0. The van der Waals surface area contributed by atoms with E-state index >= 15 is 0 Å². The lowest BCUT2D eigenvalue weighted by Crippen LogP contribution is -2.29. The number of nitrogens with one attached hydrogen (secondary N) is 1. The molecule has 0 bridgehead atoms. The molecular formula is C24H19ClN4OS2. The van der Waals surface area contributed by atoms with Gasteiger partial charge in [0, 0.05) is 35.1 Å². The molecule has 0 unspecified atom stereocenters. The molecule has 0 saturated carbocycles. The van der Waals surface area contributed by atoms with Crippen molar-refractivity contribution in [2.75, 3.05) is 0 Å². The van der Waals surface area contributed by atoms with E-state index in [0.29, 0.717) is 16.7 Å². The van der Waals surface area contributed by atoms with Crippen molar-refractivity contribution in [3.63, 3.8) is 0 Å². The zero-order valence-corrected chi connectivity index (χ0v) is 19.3. The van der Waals surface area contributed by atoms with Crippen LogP contribution in [0.4, 0.5) is 0 Å². The zero-order valence-electron chi connectivity index (χ0n) is 16.9. The topological polar surface area (TPSA) is 54.2 Å². The normalized spacial score (nSPS) is 18.0. The fourth-order valence-corrected chi connectivity index (χ4v) is 4.95. The fraction of sp³-hybridized carbons (Fsp3) is 0.125. The van der Waals surface area contributed by atoms with Crippen LogP contribution >= 0.6 is 35.6 Å². The number of hydrogen-bond acceptors (Lipinski definition) is 5. The minimum absolute atomic E-state index is 0.125. The summed E-state index contributed by atoms with van der Waals surface area (Å²) in [7, 11) is 0. The van der Waals surface area contributed by atoms with Gasteiger partial charge in [0.2, 0.25) is 0 Å². The Morgan fingerprint density at radius 1 is 1.03 bits per heavy atom. The lowest BCUT2D eigenvalue weighted by molar-refractivity contribution is 0.254. The summed E-state index contributed by atoms with van der Waals surface area (Å²) in [6.07, 6.45) is 5.42. The van der Waals surface area contributed by atoms with E-state index in [2.05, 4.69) is 20.2 Å². The maximum atomic E-state index is 6.32. The number of aromatic nitrogens is 2. The molecule has 4 heterocycles. The monoisotopic (exact) mass is 478 g/mol. The maximum absolute atomic E-state index is 6.32. The number of nitrogens with zero attached hydrogens (tertiary/aromatic N) is 3. The van der Waals surface area contributed by atoms with Crippen molar-refractivity contribution in [2.24, 2.45) is 0 Å². The van der Waals surface area contributed by atoms with Crippen LogP contribution in [0.2, 0.25) is 5.02 Å². The van der Waals surface area contributed by atoms with E-state index in [0.717, 1.165) is 27.0 Å². The molecule has 1 saturated heterocycles.